The SMILES string of the molecule is Cc1cccc2c1OC[C@@H]1C(C)(C)[C@@H](O[C@@H]3O[C@H](CO)[C@@H](O[C@H]4O[C@H](CO)[C@@H](O)[C@H](O)[C@H]4O)[C@H](O)[C@H]3O)CC[C@]21C. The van der Waals surface area contributed by atoms with Gasteiger partial charge in [-0.1, -0.05) is 39.0 Å². The van der Waals surface area contributed by atoms with E-state index in [1.54, 1.807) is 0 Å². The largest absolute Gasteiger partial charge is 0.493 e. The molecule has 12 heteroatoms. The molecule has 3 heterocycles. The maximum atomic E-state index is 11.0. The van der Waals surface area contributed by atoms with Crippen molar-refractivity contribution in [1.82, 2.24) is 0 Å². The Labute approximate surface area is 239 Å². The Hall–Kier alpha value is -1.42. The van der Waals surface area contributed by atoms with Gasteiger partial charge in [-0.2, -0.15) is 0 Å². The summed E-state index contributed by atoms with van der Waals surface area (Å²) in [6.45, 7) is 7.73. The Morgan fingerprint density at radius 3 is 2.15 bits per heavy atom. The molecule has 232 valence electrons. The summed E-state index contributed by atoms with van der Waals surface area (Å²) in [5, 5.41) is 72.1. The van der Waals surface area contributed by atoms with Crippen LogP contribution >= 0.6 is 0 Å². The first-order valence-corrected chi connectivity index (χ1v) is 14.3. The maximum absolute atomic E-state index is 11.0. The molecule has 2 saturated heterocycles. The number of aliphatic hydroxyl groups is 7. The van der Waals surface area contributed by atoms with Crippen molar-refractivity contribution in [3.05, 3.63) is 29.3 Å². The van der Waals surface area contributed by atoms with E-state index in [0.717, 1.165) is 17.7 Å². The number of aliphatic hydroxyl groups excluding tert-OH is 7. The number of benzene rings is 1. The molecule has 1 saturated carbocycles. The van der Waals surface area contributed by atoms with Gasteiger partial charge in [0, 0.05) is 16.9 Å². The van der Waals surface area contributed by atoms with Crippen molar-refractivity contribution in [3.8, 4) is 5.75 Å². The average molecular weight is 585 g/mol. The van der Waals surface area contributed by atoms with Gasteiger partial charge in [-0.15, -0.1) is 0 Å². The number of aryl methyl sites for hydroxylation is 1. The molecule has 0 aromatic heterocycles. The molecular weight excluding hydrogens is 540 g/mol. The predicted octanol–water partition coefficient (Wildman–Crippen LogP) is -0.909. The Morgan fingerprint density at radius 2 is 1.46 bits per heavy atom. The Kier molecular flexibility index (Phi) is 8.76. The molecule has 0 bridgehead atoms. The Morgan fingerprint density at radius 1 is 0.829 bits per heavy atom. The quantitative estimate of drug-likeness (QED) is 0.219. The van der Waals surface area contributed by atoms with E-state index >= 15 is 0 Å². The highest BCUT2D eigenvalue weighted by atomic mass is 16.7. The van der Waals surface area contributed by atoms with Gasteiger partial charge in [-0.3, -0.25) is 0 Å². The highest BCUT2D eigenvalue weighted by Gasteiger charge is 2.57. The van der Waals surface area contributed by atoms with Crippen molar-refractivity contribution in [1.29, 1.82) is 0 Å². The third-order valence-corrected chi connectivity index (χ3v) is 9.90. The maximum Gasteiger partial charge on any atom is 0.187 e. The van der Waals surface area contributed by atoms with Gasteiger partial charge < -0.3 is 59.4 Å². The van der Waals surface area contributed by atoms with Gasteiger partial charge in [0.05, 0.1) is 25.9 Å². The van der Waals surface area contributed by atoms with E-state index in [4.69, 9.17) is 23.7 Å². The molecule has 12 nitrogen and oxygen atoms in total. The van der Waals surface area contributed by atoms with Crippen LogP contribution in [0, 0.1) is 18.3 Å². The molecular formula is C29H44O12. The van der Waals surface area contributed by atoms with Crippen LogP contribution in [0.5, 0.6) is 5.75 Å². The van der Waals surface area contributed by atoms with Gasteiger partial charge in [0.15, 0.2) is 12.6 Å². The summed E-state index contributed by atoms with van der Waals surface area (Å²) in [5.74, 6) is 1.02. The summed E-state index contributed by atoms with van der Waals surface area (Å²) in [5.41, 5.74) is 1.72. The van der Waals surface area contributed by atoms with E-state index in [9.17, 15) is 35.7 Å². The summed E-state index contributed by atoms with van der Waals surface area (Å²) in [6.07, 6.45) is -13.8. The highest BCUT2D eigenvalue weighted by Crippen LogP contribution is 2.57. The molecule has 1 aromatic rings. The summed E-state index contributed by atoms with van der Waals surface area (Å²) in [6, 6.07) is 6.21. The van der Waals surface area contributed by atoms with Crippen LogP contribution in [0.15, 0.2) is 18.2 Å². The van der Waals surface area contributed by atoms with Crippen LogP contribution in [0.3, 0.4) is 0 Å². The number of fused-ring (bicyclic) bond motifs is 3. The van der Waals surface area contributed by atoms with Crippen LogP contribution in [-0.4, -0.2) is 123 Å². The molecule has 3 fully saturated rings. The molecule has 5 rings (SSSR count). The zero-order valence-electron chi connectivity index (χ0n) is 23.9. The summed E-state index contributed by atoms with van der Waals surface area (Å²) in [7, 11) is 0. The van der Waals surface area contributed by atoms with Crippen molar-refractivity contribution < 1.29 is 59.4 Å². The second kappa shape index (κ2) is 11.6. The molecule has 7 N–H and O–H groups in total. The Bertz CT molecular complexity index is 1060. The monoisotopic (exact) mass is 584 g/mol. The number of ether oxygens (including phenoxy) is 5. The number of hydrogen-bond donors (Lipinski definition) is 7. The third kappa shape index (κ3) is 5.21. The second-order valence-corrected chi connectivity index (χ2v) is 12.7. The molecule has 41 heavy (non-hydrogen) atoms. The highest BCUT2D eigenvalue weighted by molar-refractivity contribution is 5.48. The topological polar surface area (TPSA) is 188 Å². The molecule has 0 radical (unpaired) electrons. The molecule has 0 unspecified atom stereocenters. The smallest absolute Gasteiger partial charge is 0.187 e. The van der Waals surface area contributed by atoms with E-state index in [-0.39, 0.29) is 17.4 Å². The predicted molar refractivity (Wildman–Crippen MR) is 142 cm³/mol. The number of para-hydroxylation sites is 1. The van der Waals surface area contributed by atoms with Gasteiger partial charge >= 0.3 is 0 Å². The molecule has 1 aromatic carbocycles. The Balaban J connectivity index is 1.30. The van der Waals surface area contributed by atoms with E-state index in [1.807, 2.05) is 19.1 Å². The lowest BCUT2D eigenvalue weighted by Crippen LogP contribution is -2.65. The fourth-order valence-corrected chi connectivity index (χ4v) is 7.28. The standard InChI is InChI=1S/C29H44O12/c1-13-6-5-7-14-24(13)37-12-17-28(2,3)18(8-9-29(14,17)4)40-26-23(36)21(34)25(16(11-31)39-26)41-27-22(35)20(33)19(32)15(10-30)38-27/h5-7,15-23,25-27,30-36H,8-12H2,1-4H3/t15-,16-,17-,18+,19-,20+,21-,22-,23-,25-,26+,27-,29-/m1/s1. The first kappa shape index (κ1) is 31.0. The normalized spacial score (nSPS) is 45.8. The zero-order valence-corrected chi connectivity index (χ0v) is 23.9. The molecule has 13 atom stereocenters. The van der Waals surface area contributed by atoms with Gasteiger partial charge in [-0.05, 0) is 30.7 Å². The molecule has 4 aliphatic rings. The van der Waals surface area contributed by atoms with Crippen LogP contribution in [0.25, 0.3) is 0 Å². The lowest BCUT2D eigenvalue weighted by molar-refractivity contribution is -0.367. The summed E-state index contributed by atoms with van der Waals surface area (Å²) in [4.78, 5) is 0. The summed E-state index contributed by atoms with van der Waals surface area (Å²) < 4.78 is 29.5. The third-order valence-electron chi connectivity index (χ3n) is 9.90. The first-order valence-electron chi connectivity index (χ1n) is 14.3. The van der Waals surface area contributed by atoms with Crippen molar-refractivity contribution in [2.24, 2.45) is 11.3 Å². The fourth-order valence-electron chi connectivity index (χ4n) is 7.28. The van der Waals surface area contributed by atoms with E-state index in [0.29, 0.717) is 13.0 Å². The van der Waals surface area contributed by atoms with E-state index in [2.05, 4.69) is 26.8 Å². The summed E-state index contributed by atoms with van der Waals surface area (Å²) >= 11 is 0. The molecule has 3 aliphatic heterocycles. The van der Waals surface area contributed by atoms with Gasteiger partial charge in [-0.25, -0.2) is 0 Å². The lowest BCUT2D eigenvalue weighted by atomic mass is 9.52. The van der Waals surface area contributed by atoms with Crippen LogP contribution < -0.4 is 4.74 Å². The van der Waals surface area contributed by atoms with Crippen LogP contribution in [-0.2, 0) is 24.4 Å². The first-order chi connectivity index (χ1) is 19.3. The number of rotatable bonds is 6. The fraction of sp³-hybridized carbons (Fsp3) is 0.793. The van der Waals surface area contributed by atoms with Crippen LogP contribution in [0.1, 0.15) is 44.7 Å². The van der Waals surface area contributed by atoms with E-state index < -0.39 is 80.0 Å². The van der Waals surface area contributed by atoms with Crippen molar-refractivity contribution >= 4 is 0 Å². The van der Waals surface area contributed by atoms with Crippen molar-refractivity contribution in [2.75, 3.05) is 19.8 Å². The van der Waals surface area contributed by atoms with E-state index in [1.165, 1.54) is 5.56 Å². The lowest BCUT2D eigenvalue weighted by Gasteiger charge is -2.57. The molecule has 0 amide bonds. The van der Waals surface area contributed by atoms with Crippen LogP contribution in [0.4, 0.5) is 0 Å². The van der Waals surface area contributed by atoms with Crippen molar-refractivity contribution in [2.45, 2.75) is 113 Å². The van der Waals surface area contributed by atoms with Gasteiger partial charge in [0.1, 0.15) is 54.6 Å². The van der Waals surface area contributed by atoms with Crippen molar-refractivity contribution in [3.63, 3.8) is 0 Å². The van der Waals surface area contributed by atoms with Crippen LogP contribution in [0.2, 0.25) is 0 Å². The minimum atomic E-state index is -1.73. The minimum absolute atomic E-state index is 0.0876. The number of hydrogen-bond acceptors (Lipinski definition) is 12. The minimum Gasteiger partial charge on any atom is -0.493 e. The second-order valence-electron chi connectivity index (χ2n) is 12.7. The van der Waals surface area contributed by atoms with Gasteiger partial charge in [0.25, 0.3) is 0 Å². The zero-order chi connectivity index (χ0) is 29.9. The average Bonchev–Trinajstić information content (AvgIpc) is 2.94. The van der Waals surface area contributed by atoms with Gasteiger partial charge in [0.2, 0.25) is 0 Å². The molecule has 1 aliphatic carbocycles. The molecule has 0 spiro atoms.